The van der Waals surface area contributed by atoms with E-state index in [1.807, 2.05) is 24.4 Å². The molecular formula is C50H64N6O4. The lowest BCUT2D eigenvalue weighted by Crippen LogP contribution is -2.56. The highest BCUT2D eigenvalue weighted by molar-refractivity contribution is 5.92. The standard InChI is InChI=1S/C50H64N6O4/c57-42-16-18-44-37(30-42)12-17-43(35-6-2-1-3-7-35)48(44)36-10-14-41(15-11-36)56-28-26-55(27-29-56)33-40-9-5-4-8-39(40)32-54-24-22-34(23-25-54)38-13-19-45(51-31-38)49(59)52-46-20-21-47(58)53-50(46)60/h1-3,6-7,10-11,13-16,18-19,30-31,34,39-40,43,46-48,50,53,57-58,60H,4-5,8-9,12,17,20-29,32-33H2,(H,52,59)/t39-,40-,43+,46?,47?,48-,50?/m0/s1. The first kappa shape index (κ1) is 41.1. The number of aryl methyl sites for hydroxylation is 1. The van der Waals surface area contributed by atoms with E-state index < -0.39 is 18.5 Å². The minimum atomic E-state index is -0.975. The molecule has 10 heteroatoms. The van der Waals surface area contributed by atoms with Crippen LogP contribution in [0.3, 0.4) is 0 Å². The lowest BCUT2D eigenvalue weighted by molar-refractivity contribution is -0.0161. The van der Waals surface area contributed by atoms with Crippen molar-refractivity contribution < 1.29 is 20.1 Å². The fourth-order valence-corrected chi connectivity index (χ4v) is 11.3. The van der Waals surface area contributed by atoms with Crippen molar-refractivity contribution in [2.24, 2.45) is 11.8 Å². The molecule has 2 aliphatic carbocycles. The molecule has 5 aliphatic rings. The topological polar surface area (TPSA) is 124 Å². The van der Waals surface area contributed by atoms with Crippen LogP contribution in [0, 0.1) is 11.8 Å². The van der Waals surface area contributed by atoms with Gasteiger partial charge in [0, 0.05) is 57.1 Å². The Balaban J connectivity index is 0.749. The third-order valence-corrected chi connectivity index (χ3v) is 14.7. The number of pyridine rings is 1. The lowest BCUT2D eigenvalue weighted by Gasteiger charge is -2.42. The number of likely N-dealkylation sites (tertiary alicyclic amines) is 1. The first-order chi connectivity index (χ1) is 29.3. The van der Waals surface area contributed by atoms with Gasteiger partial charge in [0.15, 0.2) is 0 Å². The zero-order valence-corrected chi connectivity index (χ0v) is 35.0. The summed E-state index contributed by atoms with van der Waals surface area (Å²) in [6.45, 7) is 9.00. The molecule has 4 fully saturated rings. The van der Waals surface area contributed by atoms with Crippen LogP contribution in [0.2, 0.25) is 0 Å². The summed E-state index contributed by atoms with van der Waals surface area (Å²) in [5.74, 6) is 2.73. The molecule has 10 nitrogen and oxygen atoms in total. The molecule has 1 saturated carbocycles. The van der Waals surface area contributed by atoms with Crippen LogP contribution in [-0.4, -0.2) is 107 Å². The van der Waals surface area contributed by atoms with E-state index >= 15 is 0 Å². The van der Waals surface area contributed by atoms with Crippen LogP contribution in [0.15, 0.2) is 91.1 Å². The molecule has 3 aliphatic heterocycles. The highest BCUT2D eigenvalue weighted by Crippen LogP contribution is 2.47. The van der Waals surface area contributed by atoms with E-state index in [9.17, 15) is 20.1 Å². The smallest absolute Gasteiger partial charge is 0.270 e. The Kier molecular flexibility index (Phi) is 12.8. The number of hydrogen-bond acceptors (Lipinski definition) is 9. The van der Waals surface area contributed by atoms with Crippen molar-refractivity contribution in [2.75, 3.05) is 57.3 Å². The van der Waals surface area contributed by atoms with Crippen molar-refractivity contribution >= 4 is 11.6 Å². The maximum atomic E-state index is 12.8. The number of aliphatic hydroxyl groups is 2. The molecule has 3 unspecified atom stereocenters. The van der Waals surface area contributed by atoms with Crippen LogP contribution < -0.4 is 15.5 Å². The lowest BCUT2D eigenvalue weighted by atomic mass is 9.69. The van der Waals surface area contributed by atoms with E-state index in [-0.39, 0.29) is 11.8 Å². The molecule has 5 N–H and O–H groups in total. The van der Waals surface area contributed by atoms with Crippen LogP contribution in [-0.2, 0) is 6.42 Å². The minimum Gasteiger partial charge on any atom is -0.508 e. The van der Waals surface area contributed by atoms with Crippen molar-refractivity contribution in [3.05, 3.63) is 125 Å². The van der Waals surface area contributed by atoms with Crippen LogP contribution in [0.1, 0.15) is 114 Å². The number of phenols is 1. The van der Waals surface area contributed by atoms with E-state index in [4.69, 9.17) is 0 Å². The largest absolute Gasteiger partial charge is 0.508 e. The number of piperazine rings is 1. The Hall–Kier alpha value is -4.32. The first-order valence-electron chi connectivity index (χ1n) is 22.9. The summed E-state index contributed by atoms with van der Waals surface area (Å²) < 4.78 is 0. The van der Waals surface area contributed by atoms with Gasteiger partial charge in [-0.2, -0.15) is 0 Å². The predicted octanol–water partition coefficient (Wildman–Crippen LogP) is 6.58. The van der Waals surface area contributed by atoms with Gasteiger partial charge in [-0.1, -0.05) is 67.4 Å². The van der Waals surface area contributed by atoms with Crippen LogP contribution >= 0.6 is 0 Å². The highest BCUT2D eigenvalue weighted by atomic mass is 16.3. The number of nitrogens with zero attached hydrogens (tertiary/aromatic N) is 4. The van der Waals surface area contributed by atoms with E-state index in [0.717, 1.165) is 76.8 Å². The monoisotopic (exact) mass is 812 g/mol. The van der Waals surface area contributed by atoms with Crippen LogP contribution in [0.25, 0.3) is 0 Å². The number of piperidine rings is 2. The summed E-state index contributed by atoms with van der Waals surface area (Å²) in [6.07, 6.45) is 10.8. The van der Waals surface area contributed by atoms with Gasteiger partial charge >= 0.3 is 0 Å². The van der Waals surface area contributed by atoms with Gasteiger partial charge in [-0.15, -0.1) is 0 Å². The van der Waals surface area contributed by atoms with Gasteiger partial charge < -0.3 is 30.4 Å². The summed E-state index contributed by atoms with van der Waals surface area (Å²) >= 11 is 0. The second-order valence-electron chi connectivity index (χ2n) is 18.4. The summed E-state index contributed by atoms with van der Waals surface area (Å²) in [7, 11) is 0. The van der Waals surface area contributed by atoms with E-state index in [2.05, 4.69) is 97.0 Å². The van der Waals surface area contributed by atoms with E-state index in [1.165, 1.54) is 72.3 Å². The molecule has 0 radical (unpaired) electrons. The minimum absolute atomic E-state index is 0.272. The molecule has 9 rings (SSSR count). The Morgan fingerprint density at radius 1 is 0.717 bits per heavy atom. The highest BCUT2D eigenvalue weighted by Gasteiger charge is 2.34. The van der Waals surface area contributed by atoms with Gasteiger partial charge in [0.1, 0.15) is 23.9 Å². The zero-order valence-electron chi connectivity index (χ0n) is 35.0. The number of carbonyl (C=O) groups excluding carboxylic acids is 1. The summed E-state index contributed by atoms with van der Waals surface area (Å²) in [5, 5.41) is 35.7. The van der Waals surface area contributed by atoms with Gasteiger partial charge in [0.2, 0.25) is 0 Å². The van der Waals surface area contributed by atoms with Gasteiger partial charge in [-0.05, 0) is 146 Å². The number of aromatic hydroxyl groups is 1. The number of fused-ring (bicyclic) bond motifs is 1. The molecule has 0 bridgehead atoms. The van der Waals surface area contributed by atoms with Crippen molar-refractivity contribution in [2.45, 2.75) is 100 Å². The zero-order chi connectivity index (χ0) is 41.0. The average Bonchev–Trinajstić information content (AvgIpc) is 3.28. The molecular weight excluding hydrogens is 749 g/mol. The fourth-order valence-electron chi connectivity index (χ4n) is 11.3. The maximum absolute atomic E-state index is 12.8. The second-order valence-corrected chi connectivity index (χ2v) is 18.4. The third kappa shape index (κ3) is 9.43. The van der Waals surface area contributed by atoms with E-state index in [1.54, 1.807) is 0 Å². The number of phenolic OH excluding ortho intramolecular Hbond substituents is 1. The van der Waals surface area contributed by atoms with Gasteiger partial charge in [0.25, 0.3) is 5.91 Å². The Morgan fingerprint density at radius 2 is 1.42 bits per heavy atom. The normalized spacial score (nSPS) is 28.2. The molecule has 0 spiro atoms. The van der Waals surface area contributed by atoms with Crippen molar-refractivity contribution in [1.82, 2.24) is 25.4 Å². The number of aliphatic hydroxyl groups excluding tert-OH is 2. The van der Waals surface area contributed by atoms with Gasteiger partial charge in [-0.25, -0.2) is 0 Å². The molecule has 4 heterocycles. The second kappa shape index (κ2) is 18.7. The Labute approximate surface area is 356 Å². The van der Waals surface area contributed by atoms with Crippen LogP contribution in [0.4, 0.5) is 5.69 Å². The summed E-state index contributed by atoms with van der Waals surface area (Å²) in [6, 6.07) is 29.8. The number of rotatable bonds is 10. The maximum Gasteiger partial charge on any atom is 0.270 e. The fraction of sp³-hybridized carbons (Fsp3) is 0.520. The number of amides is 1. The predicted molar refractivity (Wildman–Crippen MR) is 236 cm³/mol. The molecule has 3 aromatic carbocycles. The summed E-state index contributed by atoms with van der Waals surface area (Å²) in [4.78, 5) is 25.4. The molecule has 4 aromatic rings. The molecule has 1 aromatic heterocycles. The number of benzene rings is 3. The molecule has 60 heavy (non-hydrogen) atoms. The van der Waals surface area contributed by atoms with Gasteiger partial charge in [0.05, 0.1) is 6.04 Å². The molecule has 7 atom stereocenters. The van der Waals surface area contributed by atoms with Crippen LogP contribution in [0.5, 0.6) is 5.75 Å². The molecule has 1 amide bonds. The van der Waals surface area contributed by atoms with Crippen molar-refractivity contribution in [1.29, 1.82) is 0 Å². The van der Waals surface area contributed by atoms with Crippen molar-refractivity contribution in [3.63, 3.8) is 0 Å². The number of nitrogens with one attached hydrogen (secondary N) is 2. The first-order valence-corrected chi connectivity index (χ1v) is 22.9. The number of aromatic nitrogens is 1. The number of carbonyl (C=O) groups is 1. The molecule has 318 valence electrons. The number of anilines is 1. The third-order valence-electron chi connectivity index (χ3n) is 14.7. The Bertz CT molecular complexity index is 2010. The quantitative estimate of drug-likeness (QED) is 0.121. The molecule has 3 saturated heterocycles. The van der Waals surface area contributed by atoms with Crippen molar-refractivity contribution in [3.8, 4) is 5.75 Å². The van der Waals surface area contributed by atoms with E-state index in [0.29, 0.717) is 36.1 Å². The summed E-state index contributed by atoms with van der Waals surface area (Å²) in [5.41, 5.74) is 8.26. The SMILES string of the molecule is O=C(NC1CCC(O)NC1O)c1ccc(C2CCN(C[C@@H]3CCCC[C@H]3CN3CCN(c4ccc([C@@H]5c6ccc(O)cc6CC[C@@H]5c5ccccc5)cc4)CC3)CC2)cn1. The average molecular weight is 813 g/mol. The number of hydrogen-bond donors (Lipinski definition) is 5. The Morgan fingerprint density at radius 3 is 2.10 bits per heavy atom. The van der Waals surface area contributed by atoms with Gasteiger partial charge in [-0.3, -0.25) is 20.0 Å².